The first-order valence-electron chi connectivity index (χ1n) is 11.5. The Labute approximate surface area is 222 Å². The van der Waals surface area contributed by atoms with Crippen LogP contribution in [0.5, 0.6) is 5.75 Å². The number of benzene rings is 3. The van der Waals surface area contributed by atoms with Crippen LogP contribution in [0, 0.1) is 5.82 Å². The van der Waals surface area contributed by atoms with Crippen molar-refractivity contribution in [1.29, 1.82) is 0 Å². The van der Waals surface area contributed by atoms with Gasteiger partial charge in [-0.2, -0.15) is 10.1 Å². The number of halogens is 2. The minimum atomic E-state index is -0.679. The summed E-state index contributed by atoms with van der Waals surface area (Å²) in [7, 11) is 1.61. The fourth-order valence-corrected chi connectivity index (χ4v) is 5.29. The summed E-state index contributed by atoms with van der Waals surface area (Å²) in [6, 6.07) is 20.4. The number of nitrogens with one attached hydrogen (secondary N) is 1. The van der Waals surface area contributed by atoms with Crippen molar-refractivity contribution in [3.63, 3.8) is 0 Å². The van der Waals surface area contributed by atoms with Crippen molar-refractivity contribution in [2.75, 3.05) is 12.4 Å². The number of hydrogen-bond acceptors (Lipinski definition) is 6. The molecule has 0 aliphatic carbocycles. The van der Waals surface area contributed by atoms with E-state index in [0.717, 1.165) is 22.6 Å². The van der Waals surface area contributed by atoms with Gasteiger partial charge in [-0.15, -0.1) is 0 Å². The van der Waals surface area contributed by atoms with Crippen molar-refractivity contribution in [3.8, 4) is 5.75 Å². The summed E-state index contributed by atoms with van der Waals surface area (Å²) in [4.78, 5) is 29.6. The first-order valence-corrected chi connectivity index (χ1v) is 12.8. The van der Waals surface area contributed by atoms with E-state index in [-0.39, 0.29) is 18.4 Å². The number of amides is 2. The summed E-state index contributed by atoms with van der Waals surface area (Å²) in [5.41, 5.74) is 3.21. The predicted octanol–water partition coefficient (Wildman–Crippen LogP) is 5.67. The summed E-state index contributed by atoms with van der Waals surface area (Å²) in [6.07, 6.45) is 0.528. The topological polar surface area (TPSA) is 83.4 Å². The molecular formula is C27H22ClFN4O3S. The van der Waals surface area contributed by atoms with Crippen LogP contribution in [0.2, 0.25) is 5.02 Å². The Hall–Kier alpha value is -3.69. The molecule has 0 bridgehead atoms. The third-order valence-electron chi connectivity index (χ3n) is 6.01. The van der Waals surface area contributed by atoms with Gasteiger partial charge in [-0.05, 0) is 59.7 Å². The molecule has 2 amide bonds. The van der Waals surface area contributed by atoms with E-state index in [1.165, 1.54) is 36.0 Å². The molecule has 0 unspecified atom stereocenters. The van der Waals surface area contributed by atoms with Gasteiger partial charge >= 0.3 is 0 Å². The molecule has 0 saturated heterocycles. The fourth-order valence-electron chi connectivity index (χ4n) is 4.11. The van der Waals surface area contributed by atoms with E-state index >= 15 is 0 Å². The van der Waals surface area contributed by atoms with Gasteiger partial charge in [0.15, 0.2) is 5.17 Å². The van der Waals surface area contributed by atoms with Crippen molar-refractivity contribution in [2.24, 2.45) is 10.1 Å². The Bertz CT molecular complexity index is 1380. The monoisotopic (exact) mass is 536 g/mol. The third-order valence-corrected chi connectivity index (χ3v) is 7.41. The van der Waals surface area contributed by atoms with Gasteiger partial charge < -0.3 is 10.1 Å². The molecule has 37 heavy (non-hydrogen) atoms. The van der Waals surface area contributed by atoms with Crippen molar-refractivity contribution >= 4 is 51.7 Å². The van der Waals surface area contributed by atoms with Gasteiger partial charge in [0.25, 0.3) is 5.91 Å². The largest absolute Gasteiger partial charge is 0.497 e. The molecule has 0 saturated carbocycles. The van der Waals surface area contributed by atoms with Crippen LogP contribution >= 0.6 is 23.4 Å². The van der Waals surface area contributed by atoms with Crippen molar-refractivity contribution in [2.45, 2.75) is 24.1 Å². The van der Waals surface area contributed by atoms with Crippen LogP contribution in [0.25, 0.3) is 0 Å². The van der Waals surface area contributed by atoms with Gasteiger partial charge in [-0.25, -0.2) is 9.40 Å². The van der Waals surface area contributed by atoms with Gasteiger partial charge in [0.2, 0.25) is 5.91 Å². The Morgan fingerprint density at radius 2 is 1.81 bits per heavy atom. The van der Waals surface area contributed by atoms with Crippen LogP contribution in [0.1, 0.15) is 30.0 Å². The third kappa shape index (κ3) is 5.68. The van der Waals surface area contributed by atoms with E-state index in [1.807, 2.05) is 48.5 Å². The number of anilines is 1. The fraction of sp³-hybridized carbons (Fsp3) is 0.185. The maximum Gasteiger partial charge on any atom is 0.262 e. The van der Waals surface area contributed by atoms with Crippen LogP contribution in [-0.2, 0) is 9.59 Å². The second kappa shape index (κ2) is 10.7. The van der Waals surface area contributed by atoms with Gasteiger partial charge in [0.1, 0.15) is 16.8 Å². The minimum Gasteiger partial charge on any atom is -0.497 e. The standard InChI is InChI=1S/C27H22ClFN4O3S/c1-36-21-12-4-17(5-13-21)23-14-22(16-2-6-18(28)7-3-16)32-33(23)27-31-26(35)24(37-27)15-25(34)30-20-10-8-19(29)9-11-20/h2-13,23-24H,14-15H2,1H3,(H,30,34)/t23-,24-/m1/s1. The molecular weight excluding hydrogens is 515 g/mol. The van der Waals surface area contributed by atoms with Crippen molar-refractivity contribution in [1.82, 2.24) is 5.01 Å². The van der Waals surface area contributed by atoms with E-state index in [2.05, 4.69) is 10.3 Å². The van der Waals surface area contributed by atoms with E-state index in [1.54, 1.807) is 12.1 Å². The van der Waals surface area contributed by atoms with E-state index in [4.69, 9.17) is 21.4 Å². The number of nitrogens with zero attached hydrogens (tertiary/aromatic N) is 3. The van der Waals surface area contributed by atoms with Crippen LogP contribution in [0.15, 0.2) is 82.9 Å². The maximum absolute atomic E-state index is 13.1. The maximum atomic E-state index is 13.1. The smallest absolute Gasteiger partial charge is 0.262 e. The highest BCUT2D eigenvalue weighted by atomic mass is 35.5. The second-order valence-corrected chi connectivity index (χ2v) is 10.1. The number of carbonyl (C=O) groups is 2. The zero-order chi connectivity index (χ0) is 25.9. The molecule has 188 valence electrons. The first-order chi connectivity index (χ1) is 17.9. The number of ether oxygens (including phenoxy) is 1. The molecule has 2 aliphatic rings. The minimum absolute atomic E-state index is 0.0668. The zero-order valence-corrected chi connectivity index (χ0v) is 21.3. The molecule has 3 aromatic carbocycles. The summed E-state index contributed by atoms with van der Waals surface area (Å²) in [6.45, 7) is 0. The Morgan fingerprint density at radius 1 is 1.11 bits per heavy atom. The molecule has 2 aliphatic heterocycles. The van der Waals surface area contributed by atoms with Crippen molar-refractivity contribution in [3.05, 3.63) is 94.8 Å². The van der Waals surface area contributed by atoms with Crippen molar-refractivity contribution < 1.29 is 18.7 Å². The van der Waals surface area contributed by atoms with Gasteiger partial charge in [0, 0.05) is 23.6 Å². The average molecular weight is 537 g/mol. The average Bonchev–Trinajstić information content (AvgIpc) is 3.50. The highest BCUT2D eigenvalue weighted by Gasteiger charge is 2.39. The van der Waals surface area contributed by atoms with E-state index in [0.29, 0.717) is 22.3 Å². The Kier molecular flexibility index (Phi) is 7.25. The summed E-state index contributed by atoms with van der Waals surface area (Å²) >= 11 is 7.28. The number of carbonyl (C=O) groups excluding carboxylic acids is 2. The molecule has 3 aromatic rings. The van der Waals surface area contributed by atoms with Gasteiger partial charge in [0.05, 0.1) is 18.9 Å². The Morgan fingerprint density at radius 3 is 2.49 bits per heavy atom. The number of amidine groups is 1. The summed E-state index contributed by atoms with van der Waals surface area (Å²) in [5.74, 6) is -0.402. The number of methoxy groups -OCH3 is 1. The van der Waals surface area contributed by atoms with Gasteiger partial charge in [-0.1, -0.05) is 47.6 Å². The zero-order valence-electron chi connectivity index (χ0n) is 19.7. The van der Waals surface area contributed by atoms with Crippen LogP contribution < -0.4 is 10.1 Å². The molecule has 0 spiro atoms. The molecule has 0 aromatic heterocycles. The normalized spacial score (nSPS) is 19.0. The number of hydrogen-bond donors (Lipinski definition) is 1. The number of hydrazone groups is 1. The lowest BCUT2D eigenvalue weighted by atomic mass is 9.98. The SMILES string of the molecule is COc1ccc([C@H]2CC(c3ccc(Cl)cc3)=NN2C2=NC(=O)[C@@H](CC(=O)Nc3ccc(F)cc3)S2)cc1. The summed E-state index contributed by atoms with van der Waals surface area (Å²) < 4.78 is 18.4. The highest BCUT2D eigenvalue weighted by molar-refractivity contribution is 8.15. The molecule has 5 rings (SSSR count). The number of thioether (sulfide) groups is 1. The molecule has 1 N–H and O–H groups in total. The molecule has 10 heteroatoms. The quantitative estimate of drug-likeness (QED) is 0.439. The molecule has 2 atom stereocenters. The van der Waals surface area contributed by atoms with E-state index < -0.39 is 17.0 Å². The lowest BCUT2D eigenvalue weighted by molar-refractivity contribution is -0.121. The molecule has 0 radical (unpaired) electrons. The lowest BCUT2D eigenvalue weighted by Crippen LogP contribution is -2.25. The summed E-state index contributed by atoms with van der Waals surface area (Å²) in [5, 5.41) is 9.67. The van der Waals surface area contributed by atoms with Crippen LogP contribution in [-0.4, -0.2) is 40.1 Å². The van der Waals surface area contributed by atoms with E-state index in [9.17, 15) is 14.0 Å². The number of rotatable bonds is 6. The van der Waals surface area contributed by atoms with Gasteiger partial charge in [-0.3, -0.25) is 9.59 Å². The first kappa shape index (κ1) is 25.0. The van der Waals surface area contributed by atoms with Crippen LogP contribution in [0.4, 0.5) is 10.1 Å². The molecule has 2 heterocycles. The lowest BCUT2D eigenvalue weighted by Gasteiger charge is -2.23. The molecule has 0 fully saturated rings. The highest BCUT2D eigenvalue weighted by Crippen LogP contribution is 2.39. The van der Waals surface area contributed by atoms with Crippen LogP contribution in [0.3, 0.4) is 0 Å². The second-order valence-electron chi connectivity index (χ2n) is 8.49. The number of aliphatic imine (C=N–C) groups is 1. The predicted molar refractivity (Wildman–Crippen MR) is 144 cm³/mol. The Balaban J connectivity index is 1.35. The molecule has 7 nitrogen and oxygen atoms in total.